The Labute approximate surface area is 162 Å². The molecule has 0 N–H and O–H groups in total. The molecule has 0 atom stereocenters. The van der Waals surface area contributed by atoms with Crippen LogP contribution in [0.25, 0.3) is 0 Å². The zero-order valence-corrected chi connectivity index (χ0v) is 18.3. The van der Waals surface area contributed by atoms with Gasteiger partial charge in [-0.05, 0) is 0 Å². The monoisotopic (exact) mass is 448 g/mol. The van der Waals surface area contributed by atoms with Gasteiger partial charge in [0.2, 0.25) is 0 Å². The van der Waals surface area contributed by atoms with Crippen molar-refractivity contribution >= 4 is 29.1 Å². The van der Waals surface area contributed by atoms with Crippen molar-refractivity contribution in [2.75, 3.05) is 0 Å². The van der Waals surface area contributed by atoms with Crippen LogP contribution in [0, 0.1) is 5.92 Å². The van der Waals surface area contributed by atoms with Gasteiger partial charge in [-0.2, -0.15) is 0 Å². The average Bonchev–Trinajstić information content (AvgIpc) is 2.75. The van der Waals surface area contributed by atoms with Gasteiger partial charge < -0.3 is 0 Å². The van der Waals surface area contributed by atoms with Crippen molar-refractivity contribution < 1.29 is 0 Å². The summed E-state index contributed by atoms with van der Waals surface area (Å²) in [4.78, 5) is 0. The minimum atomic E-state index is -3.01. The van der Waals surface area contributed by atoms with E-state index in [-0.39, 0.29) is 0 Å². The molecule has 0 aliphatic heterocycles. The van der Waals surface area contributed by atoms with Crippen LogP contribution in [-0.4, -0.2) is 18.4 Å². The standard InChI is InChI=1S/C7H13.3C6H5.Sn/c1-7-5-3-2-4-6-7;3*1-2-4-6-5-3-1;/h7H,1-6H2;3*1-5H;. The average molecular weight is 447 g/mol. The predicted octanol–water partition coefficient (Wildman–Crippen LogP) is 4.74. The summed E-state index contributed by atoms with van der Waals surface area (Å²) >= 11 is -3.01. The molecule has 0 saturated heterocycles. The molecular weight excluding hydrogens is 419 g/mol. The van der Waals surface area contributed by atoms with E-state index in [1.165, 1.54) is 36.5 Å². The molecule has 1 saturated carbocycles. The summed E-state index contributed by atoms with van der Waals surface area (Å²) in [5.41, 5.74) is 0. The van der Waals surface area contributed by atoms with Crippen molar-refractivity contribution in [1.82, 2.24) is 0 Å². The van der Waals surface area contributed by atoms with Gasteiger partial charge in [-0.3, -0.25) is 0 Å². The van der Waals surface area contributed by atoms with Gasteiger partial charge in [0.25, 0.3) is 0 Å². The Bertz CT molecular complexity index is 693. The summed E-state index contributed by atoms with van der Waals surface area (Å²) in [5.74, 6) is 0.889. The van der Waals surface area contributed by atoms with Crippen LogP contribution in [-0.2, 0) is 0 Å². The summed E-state index contributed by atoms with van der Waals surface area (Å²) in [7, 11) is 0. The van der Waals surface area contributed by atoms with Crippen LogP contribution < -0.4 is 10.7 Å². The molecule has 1 heteroatoms. The number of hydrogen-bond donors (Lipinski definition) is 0. The predicted molar refractivity (Wildman–Crippen MR) is 115 cm³/mol. The van der Waals surface area contributed by atoms with E-state index in [0.29, 0.717) is 0 Å². The normalized spacial score (nSPS) is 15.7. The van der Waals surface area contributed by atoms with E-state index in [1.54, 1.807) is 10.7 Å². The van der Waals surface area contributed by atoms with Crippen LogP contribution in [0.5, 0.6) is 0 Å². The first-order valence-corrected chi connectivity index (χ1v) is 16.4. The van der Waals surface area contributed by atoms with E-state index < -0.39 is 18.4 Å². The molecule has 1 aliphatic rings. The molecule has 0 heterocycles. The first-order valence-electron chi connectivity index (χ1n) is 10.1. The third-order valence-electron chi connectivity index (χ3n) is 6.12. The second-order valence-corrected chi connectivity index (χ2v) is 19.0. The summed E-state index contributed by atoms with van der Waals surface area (Å²) in [6, 6.07) is 34.4. The van der Waals surface area contributed by atoms with Crippen LogP contribution >= 0.6 is 0 Å². The van der Waals surface area contributed by atoms with Crippen LogP contribution in [0.3, 0.4) is 0 Å². The van der Waals surface area contributed by atoms with Crippen molar-refractivity contribution in [3.8, 4) is 0 Å². The van der Waals surface area contributed by atoms with Gasteiger partial charge in [0.15, 0.2) is 0 Å². The van der Waals surface area contributed by atoms with Gasteiger partial charge in [-0.1, -0.05) is 0 Å². The van der Waals surface area contributed by atoms with Gasteiger partial charge >= 0.3 is 163 Å². The fourth-order valence-corrected chi connectivity index (χ4v) is 19.9. The maximum absolute atomic E-state index is 3.01. The Morgan fingerprint density at radius 3 is 1.31 bits per heavy atom. The van der Waals surface area contributed by atoms with E-state index in [2.05, 4.69) is 91.0 Å². The molecule has 132 valence electrons. The summed E-state index contributed by atoms with van der Waals surface area (Å²) in [6.07, 6.45) is 7.12. The van der Waals surface area contributed by atoms with E-state index in [9.17, 15) is 0 Å². The zero-order chi connectivity index (χ0) is 17.7. The first-order chi connectivity index (χ1) is 12.9. The van der Waals surface area contributed by atoms with E-state index in [4.69, 9.17) is 0 Å². The minimum absolute atomic E-state index is 0.889. The fraction of sp³-hybridized carbons (Fsp3) is 0.280. The second kappa shape index (κ2) is 8.43. The molecule has 26 heavy (non-hydrogen) atoms. The van der Waals surface area contributed by atoms with Crippen molar-refractivity contribution in [3.05, 3.63) is 91.0 Å². The Balaban J connectivity index is 1.90. The first kappa shape index (κ1) is 17.9. The molecule has 0 bridgehead atoms. The summed E-state index contributed by atoms with van der Waals surface area (Å²) in [6.45, 7) is 0. The molecule has 3 aromatic carbocycles. The molecular formula is C25H28Sn. The third kappa shape index (κ3) is 3.62. The summed E-state index contributed by atoms with van der Waals surface area (Å²) < 4.78 is 6.30. The van der Waals surface area contributed by atoms with Crippen LogP contribution in [0.4, 0.5) is 0 Å². The molecule has 1 fully saturated rings. The molecule has 1 aliphatic carbocycles. The van der Waals surface area contributed by atoms with E-state index >= 15 is 0 Å². The van der Waals surface area contributed by atoms with E-state index in [1.807, 2.05) is 0 Å². The van der Waals surface area contributed by atoms with E-state index in [0.717, 1.165) is 5.92 Å². The van der Waals surface area contributed by atoms with Gasteiger partial charge in [0.1, 0.15) is 0 Å². The second-order valence-electron chi connectivity index (χ2n) is 7.71. The van der Waals surface area contributed by atoms with Crippen molar-refractivity contribution in [2.45, 2.75) is 36.5 Å². The fourth-order valence-electron chi connectivity index (χ4n) is 4.85. The maximum atomic E-state index is 2.42. The molecule has 4 rings (SSSR count). The SMILES string of the molecule is c1cc[c]([Sn]([CH2]C2CCCCC2)([c]2ccccc2)[c]2ccccc2)cc1. The number of benzene rings is 3. The molecule has 0 radical (unpaired) electrons. The van der Waals surface area contributed by atoms with Crippen molar-refractivity contribution in [2.24, 2.45) is 5.92 Å². The van der Waals surface area contributed by atoms with Crippen LogP contribution in [0.1, 0.15) is 32.1 Å². The molecule has 0 amide bonds. The van der Waals surface area contributed by atoms with Gasteiger partial charge in [0.05, 0.1) is 0 Å². The number of hydrogen-bond acceptors (Lipinski definition) is 0. The Morgan fingerprint density at radius 1 is 0.538 bits per heavy atom. The Kier molecular flexibility index (Phi) is 5.79. The Hall–Kier alpha value is -1.54. The van der Waals surface area contributed by atoms with Crippen LogP contribution in [0.2, 0.25) is 4.44 Å². The molecule has 0 aromatic heterocycles. The quantitative estimate of drug-likeness (QED) is 0.496. The van der Waals surface area contributed by atoms with Crippen molar-refractivity contribution in [3.63, 3.8) is 0 Å². The molecule has 0 nitrogen and oxygen atoms in total. The zero-order valence-electron chi connectivity index (χ0n) is 15.5. The molecule has 0 spiro atoms. The summed E-state index contributed by atoms with van der Waals surface area (Å²) in [5, 5.41) is 0. The molecule has 3 aromatic rings. The van der Waals surface area contributed by atoms with Crippen molar-refractivity contribution in [1.29, 1.82) is 0 Å². The Morgan fingerprint density at radius 2 is 0.923 bits per heavy atom. The van der Waals surface area contributed by atoms with Crippen LogP contribution in [0.15, 0.2) is 91.0 Å². The number of rotatable bonds is 5. The topological polar surface area (TPSA) is 0 Å². The van der Waals surface area contributed by atoms with Gasteiger partial charge in [-0.15, -0.1) is 0 Å². The molecule has 0 unspecified atom stereocenters. The van der Waals surface area contributed by atoms with Gasteiger partial charge in [0, 0.05) is 0 Å². The third-order valence-corrected chi connectivity index (χ3v) is 20.8. The van der Waals surface area contributed by atoms with Gasteiger partial charge in [-0.25, -0.2) is 0 Å².